The van der Waals surface area contributed by atoms with Gasteiger partial charge in [-0.05, 0) is 25.0 Å². The highest BCUT2D eigenvalue weighted by Gasteiger charge is 2.19. The Balaban J connectivity index is 2.63. The molecule has 0 aliphatic rings. The fraction of sp³-hybridized carbons (Fsp3) is 0.200. The predicted molar refractivity (Wildman–Crippen MR) is 80.8 cm³/mol. The zero-order chi connectivity index (χ0) is 15.6. The van der Waals surface area contributed by atoms with Crippen molar-refractivity contribution in [2.24, 2.45) is 5.73 Å². The molecule has 6 heteroatoms. The van der Waals surface area contributed by atoms with Crippen LogP contribution >= 0.6 is 11.3 Å². The third kappa shape index (κ3) is 2.96. The highest BCUT2D eigenvalue weighted by Crippen LogP contribution is 2.34. The van der Waals surface area contributed by atoms with Crippen molar-refractivity contribution in [3.8, 4) is 10.4 Å². The van der Waals surface area contributed by atoms with E-state index < -0.39 is 11.9 Å². The summed E-state index contributed by atoms with van der Waals surface area (Å²) in [5, 5.41) is 18.2. The molecule has 5 nitrogen and oxygen atoms in total. The average Bonchev–Trinajstić information content (AvgIpc) is 2.80. The van der Waals surface area contributed by atoms with Crippen molar-refractivity contribution in [3.05, 3.63) is 45.8 Å². The van der Waals surface area contributed by atoms with E-state index in [0.29, 0.717) is 32.9 Å². The van der Waals surface area contributed by atoms with Crippen LogP contribution < -0.4 is 5.73 Å². The smallest absolute Gasteiger partial charge is 0.336 e. The minimum absolute atomic E-state index is 0.0897. The lowest BCUT2D eigenvalue weighted by atomic mass is 9.97. The number of carbonyl (C=O) groups excluding carboxylic acids is 1. The molecule has 0 saturated carbocycles. The quantitative estimate of drug-likeness (QED) is 0.787. The second kappa shape index (κ2) is 6.07. The number of carboxylic acids is 1. The standard InChI is InChI=1S/C15H15NO4S/c1-8-11(15(19)20)7-12(21-8)10-4-2-3-9(5-6-17)13(10)14(16)18/h2-4,7,17H,5-6H2,1H3,(H2,16,18)(H,19,20). The molecule has 2 rings (SSSR count). The molecule has 1 aromatic carbocycles. The summed E-state index contributed by atoms with van der Waals surface area (Å²) in [6, 6.07) is 6.78. The van der Waals surface area contributed by atoms with Crippen LogP contribution in [0.2, 0.25) is 0 Å². The molecule has 1 amide bonds. The zero-order valence-corrected chi connectivity index (χ0v) is 12.2. The van der Waals surface area contributed by atoms with E-state index in [9.17, 15) is 9.59 Å². The van der Waals surface area contributed by atoms with Crippen molar-refractivity contribution in [3.63, 3.8) is 0 Å². The number of rotatable bonds is 5. The number of aryl methyl sites for hydroxylation is 1. The maximum absolute atomic E-state index is 11.7. The first-order valence-corrected chi connectivity index (χ1v) is 7.14. The van der Waals surface area contributed by atoms with Gasteiger partial charge in [0.2, 0.25) is 5.91 Å². The summed E-state index contributed by atoms with van der Waals surface area (Å²) >= 11 is 1.30. The Hall–Kier alpha value is -2.18. The Morgan fingerprint density at radius 2 is 2.05 bits per heavy atom. The van der Waals surface area contributed by atoms with E-state index in [1.54, 1.807) is 31.2 Å². The minimum Gasteiger partial charge on any atom is -0.478 e. The highest BCUT2D eigenvalue weighted by molar-refractivity contribution is 7.15. The van der Waals surface area contributed by atoms with Gasteiger partial charge in [0.1, 0.15) is 0 Å². The summed E-state index contributed by atoms with van der Waals surface area (Å²) in [4.78, 5) is 24.2. The molecular weight excluding hydrogens is 290 g/mol. The minimum atomic E-state index is -0.998. The molecule has 4 N–H and O–H groups in total. The van der Waals surface area contributed by atoms with Crippen molar-refractivity contribution < 1.29 is 19.8 Å². The zero-order valence-electron chi connectivity index (χ0n) is 11.4. The molecule has 0 bridgehead atoms. The number of carboxylic acid groups (broad SMARTS) is 1. The molecule has 0 spiro atoms. The van der Waals surface area contributed by atoms with Crippen LogP contribution in [-0.4, -0.2) is 28.7 Å². The van der Waals surface area contributed by atoms with Crippen molar-refractivity contribution in [2.75, 3.05) is 6.61 Å². The van der Waals surface area contributed by atoms with Crippen LogP contribution in [0.25, 0.3) is 10.4 Å². The number of aliphatic hydroxyl groups is 1. The molecule has 2 aromatic rings. The molecular formula is C15H15NO4S. The van der Waals surface area contributed by atoms with Gasteiger partial charge in [0, 0.05) is 21.9 Å². The highest BCUT2D eigenvalue weighted by atomic mass is 32.1. The van der Waals surface area contributed by atoms with Crippen LogP contribution in [0.3, 0.4) is 0 Å². The lowest BCUT2D eigenvalue weighted by Gasteiger charge is -2.10. The summed E-state index contributed by atoms with van der Waals surface area (Å²) in [6.45, 7) is 1.63. The van der Waals surface area contributed by atoms with Crippen LogP contribution in [-0.2, 0) is 6.42 Å². The van der Waals surface area contributed by atoms with E-state index in [2.05, 4.69) is 0 Å². The molecule has 1 aromatic heterocycles. The van der Waals surface area contributed by atoms with Gasteiger partial charge >= 0.3 is 5.97 Å². The van der Waals surface area contributed by atoms with Gasteiger partial charge in [-0.3, -0.25) is 4.79 Å². The van der Waals surface area contributed by atoms with Gasteiger partial charge in [0.25, 0.3) is 0 Å². The fourth-order valence-corrected chi connectivity index (χ4v) is 3.30. The maximum atomic E-state index is 11.7. The van der Waals surface area contributed by atoms with E-state index in [4.69, 9.17) is 15.9 Å². The Morgan fingerprint density at radius 1 is 1.33 bits per heavy atom. The third-order valence-electron chi connectivity index (χ3n) is 3.19. The topological polar surface area (TPSA) is 101 Å². The molecule has 0 aliphatic heterocycles. The Kier molecular flexibility index (Phi) is 4.40. The maximum Gasteiger partial charge on any atom is 0.336 e. The molecule has 0 fully saturated rings. The first-order valence-electron chi connectivity index (χ1n) is 6.32. The number of carbonyl (C=O) groups is 2. The lowest BCUT2D eigenvalue weighted by molar-refractivity contribution is 0.0696. The van der Waals surface area contributed by atoms with Gasteiger partial charge in [0.15, 0.2) is 0 Å². The van der Waals surface area contributed by atoms with E-state index >= 15 is 0 Å². The SMILES string of the molecule is Cc1sc(-c2cccc(CCO)c2C(N)=O)cc1C(=O)O. The molecule has 1 heterocycles. The summed E-state index contributed by atoms with van der Waals surface area (Å²) in [5.41, 5.74) is 7.28. The van der Waals surface area contributed by atoms with E-state index in [1.807, 2.05) is 0 Å². The largest absolute Gasteiger partial charge is 0.478 e. The van der Waals surface area contributed by atoms with Crippen LogP contribution in [0.4, 0.5) is 0 Å². The number of benzene rings is 1. The van der Waals surface area contributed by atoms with Gasteiger partial charge < -0.3 is 15.9 Å². The predicted octanol–water partition coefficient (Wildman–Crippen LogP) is 2.06. The molecule has 0 atom stereocenters. The summed E-state index contributed by atoms with van der Waals surface area (Å²) < 4.78 is 0. The Bertz CT molecular complexity index is 706. The van der Waals surface area contributed by atoms with Gasteiger partial charge in [0.05, 0.1) is 11.1 Å². The number of primary amides is 1. The summed E-state index contributed by atoms with van der Waals surface area (Å²) in [5.74, 6) is -1.58. The Labute approximate surface area is 125 Å². The molecule has 0 saturated heterocycles. The van der Waals surface area contributed by atoms with Crippen LogP contribution in [0.15, 0.2) is 24.3 Å². The van der Waals surface area contributed by atoms with Crippen molar-refractivity contribution in [1.29, 1.82) is 0 Å². The number of aliphatic hydroxyl groups excluding tert-OH is 1. The summed E-state index contributed by atoms with van der Waals surface area (Å²) in [7, 11) is 0. The average molecular weight is 305 g/mol. The Morgan fingerprint density at radius 3 is 2.57 bits per heavy atom. The normalized spacial score (nSPS) is 10.6. The van der Waals surface area contributed by atoms with Gasteiger partial charge in [-0.2, -0.15) is 0 Å². The number of aromatic carboxylic acids is 1. The first kappa shape index (κ1) is 15.2. The molecule has 0 aliphatic carbocycles. The molecule has 110 valence electrons. The molecule has 0 unspecified atom stereocenters. The lowest BCUT2D eigenvalue weighted by Crippen LogP contribution is -2.15. The monoisotopic (exact) mass is 305 g/mol. The van der Waals surface area contributed by atoms with Gasteiger partial charge in [-0.25, -0.2) is 4.79 Å². The second-order valence-corrected chi connectivity index (χ2v) is 5.82. The van der Waals surface area contributed by atoms with E-state index in [0.717, 1.165) is 0 Å². The van der Waals surface area contributed by atoms with E-state index in [-0.39, 0.29) is 12.2 Å². The number of thiophene rings is 1. The van der Waals surface area contributed by atoms with Crippen molar-refractivity contribution >= 4 is 23.2 Å². The van der Waals surface area contributed by atoms with Crippen LogP contribution in [0, 0.1) is 6.92 Å². The van der Waals surface area contributed by atoms with Crippen LogP contribution in [0.5, 0.6) is 0 Å². The fourth-order valence-electron chi connectivity index (χ4n) is 2.25. The van der Waals surface area contributed by atoms with Gasteiger partial charge in [-0.15, -0.1) is 11.3 Å². The number of nitrogens with two attached hydrogens (primary N) is 1. The second-order valence-electron chi connectivity index (χ2n) is 4.56. The van der Waals surface area contributed by atoms with Crippen molar-refractivity contribution in [1.82, 2.24) is 0 Å². The molecule has 21 heavy (non-hydrogen) atoms. The number of hydrogen-bond acceptors (Lipinski definition) is 4. The third-order valence-corrected chi connectivity index (χ3v) is 4.28. The van der Waals surface area contributed by atoms with E-state index in [1.165, 1.54) is 11.3 Å². The summed E-state index contributed by atoms with van der Waals surface area (Å²) in [6.07, 6.45) is 0.322. The van der Waals surface area contributed by atoms with Crippen LogP contribution in [0.1, 0.15) is 31.2 Å². The first-order chi connectivity index (χ1) is 9.95. The number of amides is 1. The molecule has 0 radical (unpaired) electrons. The van der Waals surface area contributed by atoms with Crippen molar-refractivity contribution in [2.45, 2.75) is 13.3 Å². The number of hydrogen-bond donors (Lipinski definition) is 3. The van der Waals surface area contributed by atoms with Gasteiger partial charge in [-0.1, -0.05) is 18.2 Å².